The zero-order chi connectivity index (χ0) is 22.0. The summed E-state index contributed by atoms with van der Waals surface area (Å²) in [6, 6.07) is 20.2. The average Bonchev–Trinajstić information content (AvgIpc) is 3.09. The SMILES string of the molecule is COc1ccc(Cl)cc1NC(=O)C[C@@H](c1ccc(C)cc1)N1Cc2ccccc2C1=O. The maximum atomic E-state index is 13.1. The number of carbonyl (C=O) groups is 2. The summed E-state index contributed by atoms with van der Waals surface area (Å²) in [5.41, 5.74) is 4.20. The molecule has 0 saturated carbocycles. The second-order valence-electron chi connectivity index (χ2n) is 7.61. The van der Waals surface area contributed by atoms with Gasteiger partial charge in [0.25, 0.3) is 5.91 Å². The number of anilines is 1. The molecule has 1 aliphatic heterocycles. The Morgan fingerprint density at radius 1 is 1.13 bits per heavy atom. The van der Waals surface area contributed by atoms with Crippen LogP contribution in [0, 0.1) is 6.92 Å². The van der Waals surface area contributed by atoms with E-state index in [4.69, 9.17) is 16.3 Å². The molecule has 1 N–H and O–H groups in total. The lowest BCUT2D eigenvalue weighted by Crippen LogP contribution is -2.32. The van der Waals surface area contributed by atoms with Crippen LogP contribution in [-0.2, 0) is 11.3 Å². The van der Waals surface area contributed by atoms with Crippen LogP contribution in [-0.4, -0.2) is 23.8 Å². The lowest BCUT2D eigenvalue weighted by atomic mass is 10.00. The lowest BCUT2D eigenvalue weighted by Gasteiger charge is -2.28. The van der Waals surface area contributed by atoms with Crippen LogP contribution in [0.5, 0.6) is 5.75 Å². The number of hydrogen-bond acceptors (Lipinski definition) is 3. The van der Waals surface area contributed by atoms with E-state index in [0.29, 0.717) is 28.6 Å². The first-order valence-corrected chi connectivity index (χ1v) is 10.4. The van der Waals surface area contributed by atoms with Crippen LogP contribution in [0.25, 0.3) is 0 Å². The minimum Gasteiger partial charge on any atom is -0.495 e. The van der Waals surface area contributed by atoms with E-state index >= 15 is 0 Å². The van der Waals surface area contributed by atoms with E-state index in [-0.39, 0.29) is 18.2 Å². The fraction of sp³-hybridized carbons (Fsp3) is 0.200. The van der Waals surface area contributed by atoms with Gasteiger partial charge in [0.05, 0.1) is 25.3 Å². The molecule has 1 atom stereocenters. The Labute approximate surface area is 186 Å². The first kappa shape index (κ1) is 20.9. The Morgan fingerprint density at radius 3 is 2.58 bits per heavy atom. The van der Waals surface area contributed by atoms with Gasteiger partial charge in [-0.05, 0) is 42.3 Å². The number of benzene rings is 3. The molecule has 0 saturated heterocycles. The highest BCUT2D eigenvalue weighted by Gasteiger charge is 2.34. The number of nitrogens with one attached hydrogen (secondary N) is 1. The molecule has 3 aromatic carbocycles. The molecular weight excluding hydrogens is 412 g/mol. The number of amides is 2. The van der Waals surface area contributed by atoms with Gasteiger partial charge in [-0.1, -0.05) is 59.6 Å². The Bertz CT molecular complexity index is 1130. The number of halogens is 1. The van der Waals surface area contributed by atoms with E-state index in [0.717, 1.165) is 16.7 Å². The van der Waals surface area contributed by atoms with Crippen LogP contribution in [0.15, 0.2) is 66.7 Å². The highest BCUT2D eigenvalue weighted by atomic mass is 35.5. The van der Waals surface area contributed by atoms with Crippen molar-refractivity contribution < 1.29 is 14.3 Å². The van der Waals surface area contributed by atoms with Crippen molar-refractivity contribution in [2.75, 3.05) is 12.4 Å². The Morgan fingerprint density at radius 2 is 1.87 bits per heavy atom. The number of nitrogens with zero attached hydrogens (tertiary/aromatic N) is 1. The molecule has 2 amide bonds. The van der Waals surface area contributed by atoms with Gasteiger partial charge in [0.1, 0.15) is 5.75 Å². The zero-order valence-electron chi connectivity index (χ0n) is 17.4. The number of hydrogen-bond donors (Lipinski definition) is 1. The normalized spacial score (nSPS) is 13.6. The summed E-state index contributed by atoms with van der Waals surface area (Å²) in [7, 11) is 1.54. The van der Waals surface area contributed by atoms with Gasteiger partial charge in [-0.2, -0.15) is 0 Å². The molecule has 0 aliphatic carbocycles. The summed E-state index contributed by atoms with van der Waals surface area (Å²) in [5.74, 6) is 0.235. The molecule has 1 aliphatic rings. The van der Waals surface area contributed by atoms with Crippen molar-refractivity contribution in [1.29, 1.82) is 0 Å². The summed E-state index contributed by atoms with van der Waals surface area (Å²) >= 11 is 6.09. The third-order valence-corrected chi connectivity index (χ3v) is 5.74. The van der Waals surface area contributed by atoms with Gasteiger partial charge in [-0.25, -0.2) is 0 Å². The van der Waals surface area contributed by atoms with E-state index < -0.39 is 6.04 Å². The predicted molar refractivity (Wildman–Crippen MR) is 121 cm³/mol. The van der Waals surface area contributed by atoms with Crippen molar-refractivity contribution in [3.8, 4) is 5.75 Å². The largest absolute Gasteiger partial charge is 0.495 e. The molecule has 0 spiro atoms. The Kier molecular flexibility index (Phi) is 5.96. The summed E-state index contributed by atoms with van der Waals surface area (Å²) in [6.45, 7) is 2.48. The smallest absolute Gasteiger partial charge is 0.255 e. The Hall–Kier alpha value is -3.31. The van der Waals surface area contributed by atoms with Gasteiger partial charge in [-0.15, -0.1) is 0 Å². The standard InChI is InChI=1S/C25H23ClN2O3/c1-16-7-9-17(10-8-16)22(28-15-18-5-3-4-6-20(18)25(28)30)14-24(29)27-21-13-19(26)11-12-23(21)31-2/h3-13,22H,14-15H2,1-2H3,(H,27,29)/t22-/m0/s1. The molecule has 1 heterocycles. The zero-order valence-corrected chi connectivity index (χ0v) is 18.1. The summed E-state index contributed by atoms with van der Waals surface area (Å²) < 4.78 is 5.33. The maximum Gasteiger partial charge on any atom is 0.255 e. The van der Waals surface area contributed by atoms with Crippen LogP contribution < -0.4 is 10.1 Å². The predicted octanol–water partition coefficient (Wildman–Crippen LogP) is 5.38. The number of fused-ring (bicyclic) bond motifs is 1. The van der Waals surface area contributed by atoms with Crippen molar-refractivity contribution in [1.82, 2.24) is 4.90 Å². The minimum atomic E-state index is -0.398. The van der Waals surface area contributed by atoms with Crippen LogP contribution in [0.1, 0.15) is 39.5 Å². The second kappa shape index (κ2) is 8.82. The fourth-order valence-corrected chi connectivity index (χ4v) is 4.05. The van der Waals surface area contributed by atoms with Crippen LogP contribution >= 0.6 is 11.6 Å². The molecule has 4 rings (SSSR count). The summed E-state index contributed by atoms with van der Waals surface area (Å²) in [6.07, 6.45) is 0.110. The topological polar surface area (TPSA) is 58.6 Å². The molecule has 0 radical (unpaired) electrons. The van der Waals surface area contributed by atoms with Crippen molar-refractivity contribution in [3.63, 3.8) is 0 Å². The van der Waals surface area contributed by atoms with Gasteiger partial charge in [0.2, 0.25) is 5.91 Å². The van der Waals surface area contributed by atoms with Crippen molar-refractivity contribution in [3.05, 3.63) is 94.0 Å². The average molecular weight is 435 g/mol. The van der Waals surface area contributed by atoms with Crippen molar-refractivity contribution in [2.24, 2.45) is 0 Å². The van der Waals surface area contributed by atoms with Crippen LogP contribution in [0.3, 0.4) is 0 Å². The van der Waals surface area contributed by atoms with Crippen LogP contribution in [0.4, 0.5) is 5.69 Å². The molecule has 0 fully saturated rings. The van der Waals surface area contributed by atoms with Gasteiger partial charge < -0.3 is 15.0 Å². The lowest BCUT2D eigenvalue weighted by molar-refractivity contribution is -0.117. The number of ether oxygens (including phenoxy) is 1. The van der Waals surface area contributed by atoms with E-state index in [9.17, 15) is 9.59 Å². The van der Waals surface area contributed by atoms with E-state index in [1.165, 1.54) is 7.11 Å². The summed E-state index contributed by atoms with van der Waals surface area (Å²) in [5, 5.41) is 3.38. The summed E-state index contributed by atoms with van der Waals surface area (Å²) in [4.78, 5) is 27.9. The van der Waals surface area contributed by atoms with Gasteiger partial charge in [0.15, 0.2) is 0 Å². The third kappa shape index (κ3) is 4.42. The third-order valence-electron chi connectivity index (χ3n) is 5.50. The fourth-order valence-electron chi connectivity index (χ4n) is 3.88. The van der Waals surface area contributed by atoms with Gasteiger partial charge in [-0.3, -0.25) is 9.59 Å². The molecule has 0 aromatic heterocycles. The van der Waals surface area contributed by atoms with Crippen molar-refractivity contribution in [2.45, 2.75) is 25.9 Å². The van der Waals surface area contributed by atoms with Gasteiger partial charge >= 0.3 is 0 Å². The number of carbonyl (C=O) groups excluding carboxylic acids is 2. The Balaban J connectivity index is 1.62. The molecular formula is C25H23ClN2O3. The van der Waals surface area contributed by atoms with E-state index in [1.54, 1.807) is 23.1 Å². The number of aryl methyl sites for hydroxylation is 1. The highest BCUT2D eigenvalue weighted by Crippen LogP contribution is 2.34. The molecule has 31 heavy (non-hydrogen) atoms. The molecule has 3 aromatic rings. The van der Waals surface area contributed by atoms with E-state index in [1.807, 2.05) is 55.5 Å². The first-order chi connectivity index (χ1) is 15.0. The monoisotopic (exact) mass is 434 g/mol. The second-order valence-corrected chi connectivity index (χ2v) is 8.05. The molecule has 6 heteroatoms. The molecule has 5 nitrogen and oxygen atoms in total. The van der Waals surface area contributed by atoms with Crippen LogP contribution in [0.2, 0.25) is 5.02 Å². The first-order valence-electron chi connectivity index (χ1n) is 10.0. The maximum absolute atomic E-state index is 13.1. The number of rotatable bonds is 6. The number of methoxy groups -OCH3 is 1. The van der Waals surface area contributed by atoms with Gasteiger partial charge in [0, 0.05) is 17.1 Å². The van der Waals surface area contributed by atoms with Crippen molar-refractivity contribution >= 4 is 29.1 Å². The molecule has 0 unspecified atom stereocenters. The van der Waals surface area contributed by atoms with E-state index in [2.05, 4.69) is 5.32 Å². The quantitative estimate of drug-likeness (QED) is 0.566. The minimum absolute atomic E-state index is 0.0608. The molecule has 0 bridgehead atoms. The molecule has 158 valence electrons. The highest BCUT2D eigenvalue weighted by molar-refractivity contribution is 6.31.